The lowest BCUT2D eigenvalue weighted by Gasteiger charge is -2.15. The van der Waals surface area contributed by atoms with Crippen LogP contribution in [0, 0.1) is 0 Å². The fourth-order valence-corrected chi connectivity index (χ4v) is 2.40. The van der Waals surface area contributed by atoms with Crippen molar-refractivity contribution in [3.63, 3.8) is 0 Å². The Kier molecular flexibility index (Phi) is 5.36. The highest BCUT2D eigenvalue weighted by atomic mass is 79.9. The van der Waals surface area contributed by atoms with Gasteiger partial charge in [0.15, 0.2) is 0 Å². The third-order valence-corrected chi connectivity index (χ3v) is 3.76. The molecular formula is C17H16BrF2NO2. The number of rotatable bonds is 6. The molecule has 2 aromatic carbocycles. The van der Waals surface area contributed by atoms with Gasteiger partial charge in [-0.2, -0.15) is 8.78 Å². The fourth-order valence-electron chi connectivity index (χ4n) is 2.04. The molecule has 0 fully saturated rings. The maximum absolute atomic E-state index is 13.3. The van der Waals surface area contributed by atoms with Gasteiger partial charge in [0.2, 0.25) is 5.78 Å². The number of halogens is 3. The number of hydrogen-bond acceptors (Lipinski definition) is 3. The van der Waals surface area contributed by atoms with Crippen LogP contribution in [-0.2, 0) is 6.54 Å². The summed E-state index contributed by atoms with van der Waals surface area (Å²) in [5.41, 5.74) is 1.27. The van der Waals surface area contributed by atoms with Crippen LogP contribution in [0.4, 0.5) is 14.5 Å². The van der Waals surface area contributed by atoms with Crippen molar-refractivity contribution in [2.45, 2.75) is 19.4 Å². The number of methoxy groups -OCH3 is 1. The Morgan fingerprint density at radius 1 is 1.22 bits per heavy atom. The van der Waals surface area contributed by atoms with Crippen molar-refractivity contribution in [2.75, 3.05) is 12.4 Å². The summed E-state index contributed by atoms with van der Waals surface area (Å²) in [4.78, 5) is 11.9. The maximum Gasteiger partial charge on any atom is 0.307 e. The number of ether oxygens (including phenoxy) is 1. The second-order valence-corrected chi connectivity index (χ2v) is 6.02. The number of anilines is 1. The molecule has 122 valence electrons. The number of hydrogen-bond donors (Lipinski definition) is 1. The smallest absolute Gasteiger partial charge is 0.307 e. The second-order valence-electron chi connectivity index (χ2n) is 5.11. The van der Waals surface area contributed by atoms with Gasteiger partial charge >= 0.3 is 5.92 Å². The first kappa shape index (κ1) is 17.4. The summed E-state index contributed by atoms with van der Waals surface area (Å²) < 4.78 is 32.4. The zero-order valence-electron chi connectivity index (χ0n) is 12.7. The molecule has 2 aromatic rings. The molecule has 0 amide bonds. The molecule has 2 rings (SSSR count). The van der Waals surface area contributed by atoms with E-state index < -0.39 is 11.7 Å². The van der Waals surface area contributed by atoms with Crippen molar-refractivity contribution in [3.8, 4) is 5.75 Å². The predicted octanol–water partition coefficient (Wildman–Crippen LogP) is 4.91. The number of Topliss-reactive ketones (excluding diaryl/α,β-unsaturated/α-hetero) is 1. The van der Waals surface area contributed by atoms with E-state index in [0.717, 1.165) is 11.3 Å². The van der Waals surface area contributed by atoms with Crippen molar-refractivity contribution >= 4 is 27.4 Å². The van der Waals surface area contributed by atoms with E-state index in [1.807, 2.05) is 24.3 Å². The molecule has 0 saturated heterocycles. The van der Waals surface area contributed by atoms with Crippen molar-refractivity contribution in [1.29, 1.82) is 0 Å². The number of ketones is 1. The summed E-state index contributed by atoms with van der Waals surface area (Å²) in [6, 6.07) is 11.9. The zero-order chi connectivity index (χ0) is 17.0. The highest BCUT2D eigenvalue weighted by molar-refractivity contribution is 9.10. The molecule has 0 heterocycles. The van der Waals surface area contributed by atoms with Crippen LogP contribution < -0.4 is 10.1 Å². The average molecular weight is 384 g/mol. The van der Waals surface area contributed by atoms with E-state index in [1.54, 1.807) is 19.2 Å². The van der Waals surface area contributed by atoms with Gasteiger partial charge in [-0.05, 0) is 35.9 Å². The van der Waals surface area contributed by atoms with Crippen LogP contribution in [0.25, 0.3) is 0 Å². The van der Waals surface area contributed by atoms with Crippen molar-refractivity contribution in [3.05, 3.63) is 58.1 Å². The third kappa shape index (κ3) is 4.51. The van der Waals surface area contributed by atoms with Crippen LogP contribution in [0.15, 0.2) is 46.9 Å². The topological polar surface area (TPSA) is 38.3 Å². The van der Waals surface area contributed by atoms with E-state index in [1.165, 1.54) is 6.07 Å². The van der Waals surface area contributed by atoms with E-state index in [-0.39, 0.29) is 5.56 Å². The Bertz CT molecular complexity index is 697. The Morgan fingerprint density at radius 3 is 2.43 bits per heavy atom. The van der Waals surface area contributed by atoms with Crippen molar-refractivity contribution in [1.82, 2.24) is 0 Å². The quantitative estimate of drug-likeness (QED) is 0.720. The molecule has 0 saturated carbocycles. The number of alkyl halides is 2. The van der Waals surface area contributed by atoms with Crippen LogP contribution in [0.3, 0.4) is 0 Å². The number of nitrogens with one attached hydrogen (secondary N) is 1. The van der Waals surface area contributed by atoms with Gasteiger partial charge in [-0.25, -0.2) is 0 Å². The first-order chi connectivity index (χ1) is 10.8. The molecule has 23 heavy (non-hydrogen) atoms. The molecule has 1 N–H and O–H groups in total. The van der Waals surface area contributed by atoms with Crippen LogP contribution in [0.2, 0.25) is 0 Å². The molecule has 0 bridgehead atoms. The Labute approximate surface area is 141 Å². The molecule has 0 aliphatic heterocycles. The summed E-state index contributed by atoms with van der Waals surface area (Å²) in [7, 11) is 1.58. The molecule has 6 heteroatoms. The summed E-state index contributed by atoms with van der Waals surface area (Å²) in [6.45, 7) is 1.00. The normalized spacial score (nSPS) is 11.2. The molecule has 0 aliphatic carbocycles. The number of benzene rings is 2. The van der Waals surface area contributed by atoms with Gasteiger partial charge in [-0.3, -0.25) is 4.79 Å². The van der Waals surface area contributed by atoms with Crippen LogP contribution in [-0.4, -0.2) is 18.8 Å². The highest BCUT2D eigenvalue weighted by Crippen LogP contribution is 2.28. The van der Waals surface area contributed by atoms with Crippen LogP contribution >= 0.6 is 15.9 Å². The molecule has 0 atom stereocenters. The minimum atomic E-state index is -3.41. The molecular weight excluding hydrogens is 368 g/mol. The molecule has 0 aromatic heterocycles. The van der Waals surface area contributed by atoms with Gasteiger partial charge in [0.05, 0.1) is 7.11 Å². The van der Waals surface area contributed by atoms with Crippen molar-refractivity contribution < 1.29 is 18.3 Å². The molecule has 0 unspecified atom stereocenters. The van der Waals surface area contributed by atoms with Crippen LogP contribution in [0.1, 0.15) is 22.8 Å². The van der Waals surface area contributed by atoms with Crippen molar-refractivity contribution in [2.24, 2.45) is 0 Å². The summed E-state index contributed by atoms with van der Waals surface area (Å²) in [5.74, 6) is -3.88. The first-order valence-electron chi connectivity index (χ1n) is 6.90. The van der Waals surface area contributed by atoms with Gasteiger partial charge in [-0.15, -0.1) is 0 Å². The van der Waals surface area contributed by atoms with Crippen LogP contribution in [0.5, 0.6) is 5.75 Å². The maximum atomic E-state index is 13.3. The van der Waals surface area contributed by atoms with Gasteiger partial charge in [0, 0.05) is 29.2 Å². The number of carbonyl (C=O) groups excluding carboxylic acids is 1. The van der Waals surface area contributed by atoms with E-state index in [9.17, 15) is 13.6 Å². The van der Waals surface area contributed by atoms with Gasteiger partial charge in [0.1, 0.15) is 5.75 Å². The lowest BCUT2D eigenvalue weighted by Crippen LogP contribution is -2.25. The summed E-state index contributed by atoms with van der Waals surface area (Å²) >= 11 is 3.29. The second kappa shape index (κ2) is 7.08. The van der Waals surface area contributed by atoms with E-state index >= 15 is 0 Å². The zero-order valence-corrected chi connectivity index (χ0v) is 14.3. The minimum Gasteiger partial charge on any atom is -0.497 e. The fraction of sp³-hybridized carbons (Fsp3) is 0.235. The third-order valence-electron chi connectivity index (χ3n) is 3.27. The monoisotopic (exact) mass is 383 g/mol. The van der Waals surface area contributed by atoms with E-state index in [2.05, 4.69) is 21.2 Å². The Balaban J connectivity index is 2.21. The van der Waals surface area contributed by atoms with Gasteiger partial charge in [0.25, 0.3) is 0 Å². The number of carbonyl (C=O) groups is 1. The molecule has 0 aliphatic rings. The van der Waals surface area contributed by atoms with E-state index in [4.69, 9.17) is 4.74 Å². The summed E-state index contributed by atoms with van der Waals surface area (Å²) in [5, 5.41) is 3.04. The summed E-state index contributed by atoms with van der Waals surface area (Å²) in [6.07, 6.45) is 0. The minimum absolute atomic E-state index is 0.0331. The Morgan fingerprint density at radius 2 is 1.87 bits per heavy atom. The first-order valence-corrected chi connectivity index (χ1v) is 7.69. The Hall–Kier alpha value is -1.95. The lowest BCUT2D eigenvalue weighted by atomic mass is 10.0. The van der Waals surface area contributed by atoms with Gasteiger partial charge in [-0.1, -0.05) is 28.1 Å². The molecule has 0 radical (unpaired) electrons. The largest absolute Gasteiger partial charge is 0.497 e. The molecule has 0 spiro atoms. The van der Waals surface area contributed by atoms with E-state index in [0.29, 0.717) is 23.6 Å². The lowest BCUT2D eigenvalue weighted by molar-refractivity contribution is 0.0222. The average Bonchev–Trinajstić information content (AvgIpc) is 2.52. The highest BCUT2D eigenvalue weighted by Gasteiger charge is 2.34. The standard InChI is InChI=1S/C17H16BrF2NO2/c1-17(19,20)16(22)14-8-5-12(18)9-15(14)21-10-11-3-6-13(23-2)7-4-11/h3-9,21H,10H2,1-2H3. The van der Waals surface area contributed by atoms with Gasteiger partial charge < -0.3 is 10.1 Å². The SMILES string of the molecule is COc1ccc(CNc2cc(Br)ccc2C(=O)C(C)(F)F)cc1. The predicted molar refractivity (Wildman–Crippen MR) is 89.4 cm³/mol. The molecule has 3 nitrogen and oxygen atoms in total.